The number of fused-ring (bicyclic) bond motifs is 1. The second kappa shape index (κ2) is 4.73. The molecular formula is C14H15N5O. The Morgan fingerprint density at radius 3 is 2.85 bits per heavy atom. The topological polar surface area (TPSA) is 99.6 Å². The maximum Gasteiger partial charge on any atom is 0.323 e. The van der Waals surface area contributed by atoms with Gasteiger partial charge in [0.05, 0.1) is 22.9 Å². The molecule has 0 saturated carbocycles. The van der Waals surface area contributed by atoms with Crippen LogP contribution in [0.2, 0.25) is 0 Å². The summed E-state index contributed by atoms with van der Waals surface area (Å²) in [5.74, 6) is 0.777. The van der Waals surface area contributed by atoms with Crippen molar-refractivity contribution in [2.24, 2.45) is 0 Å². The van der Waals surface area contributed by atoms with Crippen LogP contribution in [0.4, 0.5) is 11.5 Å². The van der Waals surface area contributed by atoms with Crippen molar-refractivity contribution in [3.05, 3.63) is 52.1 Å². The second-order valence-corrected chi connectivity index (χ2v) is 4.74. The van der Waals surface area contributed by atoms with Crippen molar-refractivity contribution < 1.29 is 0 Å². The minimum Gasteiger partial charge on any atom is -0.397 e. The van der Waals surface area contributed by atoms with Crippen LogP contribution in [0.15, 0.2) is 35.3 Å². The molecule has 0 atom stereocenters. The first-order chi connectivity index (χ1) is 9.61. The van der Waals surface area contributed by atoms with Crippen molar-refractivity contribution in [1.29, 1.82) is 0 Å². The molecule has 6 heteroatoms. The van der Waals surface area contributed by atoms with Crippen LogP contribution in [0.5, 0.6) is 0 Å². The first-order valence-corrected chi connectivity index (χ1v) is 6.29. The standard InChI is InChI=1S/C14H15N5O/c1-8-4-13(17-7-10(8)15)16-6-9-2-3-11-12(5-9)19-14(20)18-11/h2-5,7H,6,15H2,1H3,(H,16,17)(H2,18,19,20). The Labute approximate surface area is 115 Å². The Hall–Kier alpha value is -2.76. The number of anilines is 2. The number of aryl methyl sites for hydroxylation is 1. The highest BCUT2D eigenvalue weighted by atomic mass is 16.1. The van der Waals surface area contributed by atoms with E-state index < -0.39 is 0 Å². The number of aromatic amines is 2. The maximum atomic E-state index is 11.2. The summed E-state index contributed by atoms with van der Waals surface area (Å²) < 4.78 is 0. The molecular weight excluding hydrogens is 254 g/mol. The molecule has 0 saturated heterocycles. The van der Waals surface area contributed by atoms with Gasteiger partial charge in [0.25, 0.3) is 0 Å². The van der Waals surface area contributed by atoms with Gasteiger partial charge in [0, 0.05) is 6.54 Å². The molecule has 0 amide bonds. The molecule has 2 heterocycles. The molecule has 5 N–H and O–H groups in total. The molecule has 3 rings (SSSR count). The predicted molar refractivity (Wildman–Crippen MR) is 79.6 cm³/mol. The van der Waals surface area contributed by atoms with E-state index in [9.17, 15) is 4.79 Å². The van der Waals surface area contributed by atoms with Crippen molar-refractivity contribution in [1.82, 2.24) is 15.0 Å². The van der Waals surface area contributed by atoms with E-state index in [0.29, 0.717) is 12.2 Å². The summed E-state index contributed by atoms with van der Waals surface area (Å²) in [4.78, 5) is 20.9. The van der Waals surface area contributed by atoms with Crippen LogP contribution in [0.3, 0.4) is 0 Å². The van der Waals surface area contributed by atoms with Crippen molar-refractivity contribution >= 4 is 22.5 Å². The molecule has 0 radical (unpaired) electrons. The van der Waals surface area contributed by atoms with Gasteiger partial charge in [-0.2, -0.15) is 0 Å². The number of hydrogen-bond acceptors (Lipinski definition) is 4. The number of aromatic nitrogens is 3. The molecule has 0 aliphatic rings. The van der Waals surface area contributed by atoms with Gasteiger partial charge in [0.15, 0.2) is 0 Å². The molecule has 0 aliphatic carbocycles. The van der Waals surface area contributed by atoms with Gasteiger partial charge in [-0.1, -0.05) is 6.07 Å². The summed E-state index contributed by atoms with van der Waals surface area (Å²) in [5, 5.41) is 3.23. The highest BCUT2D eigenvalue weighted by Gasteiger charge is 2.01. The van der Waals surface area contributed by atoms with Gasteiger partial charge >= 0.3 is 5.69 Å². The lowest BCUT2D eigenvalue weighted by molar-refractivity contribution is 1.11. The van der Waals surface area contributed by atoms with E-state index >= 15 is 0 Å². The third-order valence-electron chi connectivity index (χ3n) is 3.21. The van der Waals surface area contributed by atoms with E-state index in [1.165, 1.54) is 0 Å². The summed E-state index contributed by atoms with van der Waals surface area (Å²) in [6, 6.07) is 7.69. The summed E-state index contributed by atoms with van der Waals surface area (Å²) in [5.41, 5.74) is 9.88. The Morgan fingerprint density at radius 1 is 1.25 bits per heavy atom. The van der Waals surface area contributed by atoms with Gasteiger partial charge in [-0.25, -0.2) is 9.78 Å². The predicted octanol–water partition coefficient (Wildman–Crippen LogP) is 1.75. The largest absolute Gasteiger partial charge is 0.397 e. The average molecular weight is 269 g/mol. The van der Waals surface area contributed by atoms with Gasteiger partial charge in [-0.3, -0.25) is 0 Å². The van der Waals surface area contributed by atoms with Crippen LogP contribution in [-0.2, 0) is 6.54 Å². The normalized spacial score (nSPS) is 10.8. The number of imidazole rings is 1. The number of nitrogen functional groups attached to an aromatic ring is 1. The van der Waals surface area contributed by atoms with Crippen LogP contribution < -0.4 is 16.7 Å². The molecule has 102 valence electrons. The SMILES string of the molecule is Cc1cc(NCc2ccc3[nH]c(=O)[nH]c3c2)ncc1N. The molecule has 0 bridgehead atoms. The molecule has 0 unspecified atom stereocenters. The highest BCUT2D eigenvalue weighted by molar-refractivity contribution is 5.75. The second-order valence-electron chi connectivity index (χ2n) is 4.74. The number of nitrogens with one attached hydrogen (secondary N) is 3. The fourth-order valence-electron chi connectivity index (χ4n) is 2.05. The van der Waals surface area contributed by atoms with Gasteiger partial charge in [-0.15, -0.1) is 0 Å². The molecule has 2 aromatic heterocycles. The number of nitrogens with two attached hydrogens (primary N) is 1. The molecule has 6 nitrogen and oxygen atoms in total. The minimum absolute atomic E-state index is 0.194. The van der Waals surface area contributed by atoms with Crippen LogP contribution in [0.1, 0.15) is 11.1 Å². The summed E-state index contributed by atoms with van der Waals surface area (Å²) in [6.45, 7) is 2.57. The number of pyridine rings is 1. The molecule has 20 heavy (non-hydrogen) atoms. The van der Waals surface area contributed by atoms with Gasteiger partial charge in [-0.05, 0) is 36.2 Å². The lowest BCUT2D eigenvalue weighted by atomic mass is 10.2. The average Bonchev–Trinajstić information content (AvgIpc) is 2.79. The Balaban J connectivity index is 1.78. The molecule has 0 fully saturated rings. The van der Waals surface area contributed by atoms with E-state index in [4.69, 9.17) is 5.73 Å². The van der Waals surface area contributed by atoms with Gasteiger partial charge in [0.1, 0.15) is 5.82 Å². The fraction of sp³-hybridized carbons (Fsp3) is 0.143. The van der Waals surface area contributed by atoms with Crippen molar-refractivity contribution in [3.63, 3.8) is 0 Å². The van der Waals surface area contributed by atoms with Crippen LogP contribution in [0, 0.1) is 6.92 Å². The molecule has 3 aromatic rings. The zero-order valence-corrected chi connectivity index (χ0v) is 11.0. The molecule has 0 aliphatic heterocycles. The van der Waals surface area contributed by atoms with Crippen LogP contribution in [-0.4, -0.2) is 15.0 Å². The van der Waals surface area contributed by atoms with Crippen LogP contribution >= 0.6 is 0 Å². The van der Waals surface area contributed by atoms with Gasteiger partial charge in [0.2, 0.25) is 0 Å². The Morgan fingerprint density at radius 2 is 2.05 bits per heavy atom. The van der Waals surface area contributed by atoms with E-state index in [0.717, 1.165) is 28.0 Å². The fourth-order valence-corrected chi connectivity index (χ4v) is 2.05. The maximum absolute atomic E-state index is 11.2. The zero-order valence-electron chi connectivity index (χ0n) is 11.0. The van der Waals surface area contributed by atoms with Gasteiger partial charge < -0.3 is 21.0 Å². The van der Waals surface area contributed by atoms with Crippen LogP contribution in [0.25, 0.3) is 11.0 Å². The lowest BCUT2D eigenvalue weighted by Crippen LogP contribution is -2.02. The zero-order chi connectivity index (χ0) is 14.1. The highest BCUT2D eigenvalue weighted by Crippen LogP contribution is 2.15. The van der Waals surface area contributed by atoms with Crippen molar-refractivity contribution in [2.75, 3.05) is 11.1 Å². The molecule has 0 spiro atoms. The smallest absolute Gasteiger partial charge is 0.323 e. The third kappa shape index (κ3) is 2.35. The van der Waals surface area contributed by atoms with E-state index in [-0.39, 0.29) is 5.69 Å². The Bertz CT molecular complexity index is 818. The molecule has 1 aromatic carbocycles. The van der Waals surface area contributed by atoms with E-state index in [2.05, 4.69) is 20.3 Å². The first-order valence-electron chi connectivity index (χ1n) is 6.29. The summed E-state index contributed by atoms with van der Waals surface area (Å²) >= 11 is 0. The monoisotopic (exact) mass is 269 g/mol. The summed E-state index contributed by atoms with van der Waals surface area (Å²) in [7, 11) is 0. The number of hydrogen-bond donors (Lipinski definition) is 4. The van der Waals surface area contributed by atoms with E-state index in [1.807, 2.05) is 31.2 Å². The summed E-state index contributed by atoms with van der Waals surface area (Å²) in [6.07, 6.45) is 1.64. The number of nitrogens with zero attached hydrogens (tertiary/aromatic N) is 1. The number of benzene rings is 1. The van der Waals surface area contributed by atoms with E-state index in [1.54, 1.807) is 6.20 Å². The number of H-pyrrole nitrogens is 2. The first kappa shape index (κ1) is 12.3. The quantitative estimate of drug-likeness (QED) is 0.582. The lowest BCUT2D eigenvalue weighted by Gasteiger charge is -2.07. The minimum atomic E-state index is -0.194. The number of rotatable bonds is 3. The van der Waals surface area contributed by atoms with Crippen molar-refractivity contribution in [3.8, 4) is 0 Å². The third-order valence-corrected chi connectivity index (χ3v) is 3.21. The van der Waals surface area contributed by atoms with Crippen molar-refractivity contribution in [2.45, 2.75) is 13.5 Å². The Kier molecular flexibility index (Phi) is 2.90.